The average Bonchev–Trinajstić information content (AvgIpc) is 2.92. The van der Waals surface area contributed by atoms with Crippen molar-refractivity contribution >= 4 is 0 Å². The third-order valence-electron chi connectivity index (χ3n) is 2.58. The highest BCUT2D eigenvalue weighted by molar-refractivity contribution is 5.37. The first-order valence-electron chi connectivity index (χ1n) is 5.67. The minimum Gasteiger partial charge on any atom is -0.490 e. The lowest BCUT2D eigenvalue weighted by molar-refractivity contribution is 0.299. The molecule has 1 aromatic carbocycles. The molecule has 0 aliphatic heterocycles. The summed E-state index contributed by atoms with van der Waals surface area (Å²) in [6.07, 6.45) is 3.75. The van der Waals surface area contributed by atoms with E-state index in [0.717, 1.165) is 12.2 Å². The maximum atomic E-state index is 5.86. The molecule has 0 bridgehead atoms. The largest absolute Gasteiger partial charge is 0.490 e. The molecule has 2 rings (SSSR count). The van der Waals surface area contributed by atoms with Crippen LogP contribution in [-0.2, 0) is 6.42 Å². The van der Waals surface area contributed by atoms with E-state index in [2.05, 4.69) is 25.1 Å². The highest BCUT2D eigenvalue weighted by Crippen LogP contribution is 2.30. The molecule has 2 N–H and O–H groups in total. The fourth-order valence-electron chi connectivity index (χ4n) is 1.70. The van der Waals surface area contributed by atoms with Gasteiger partial charge < -0.3 is 10.5 Å². The van der Waals surface area contributed by atoms with E-state index in [0.29, 0.717) is 6.10 Å². The van der Waals surface area contributed by atoms with Crippen molar-refractivity contribution in [3.05, 3.63) is 29.3 Å². The van der Waals surface area contributed by atoms with Gasteiger partial charge in [0.2, 0.25) is 0 Å². The molecule has 2 heteroatoms. The molecular weight excluding hydrogens is 186 g/mol. The number of aryl methyl sites for hydroxylation is 1. The van der Waals surface area contributed by atoms with Crippen molar-refractivity contribution in [1.29, 1.82) is 0 Å². The van der Waals surface area contributed by atoms with Crippen molar-refractivity contribution in [2.45, 2.75) is 45.3 Å². The van der Waals surface area contributed by atoms with Crippen molar-refractivity contribution < 1.29 is 4.74 Å². The standard InChI is InChI=1S/C13H19NO/c1-9-3-6-13(15-12-4-5-12)11(7-9)8-10(2)14/h3,6-7,10,12H,4-5,8,14H2,1-2H3. The van der Waals surface area contributed by atoms with Crippen LogP contribution in [0.15, 0.2) is 18.2 Å². The molecule has 1 aromatic rings. The maximum Gasteiger partial charge on any atom is 0.122 e. The lowest BCUT2D eigenvalue weighted by Gasteiger charge is -2.13. The van der Waals surface area contributed by atoms with E-state index < -0.39 is 0 Å². The Balaban J connectivity index is 2.17. The Kier molecular flexibility index (Phi) is 2.96. The van der Waals surface area contributed by atoms with Crippen LogP contribution >= 0.6 is 0 Å². The van der Waals surface area contributed by atoms with E-state index in [1.54, 1.807) is 0 Å². The summed E-state index contributed by atoms with van der Waals surface area (Å²) in [5, 5.41) is 0. The highest BCUT2D eigenvalue weighted by atomic mass is 16.5. The quantitative estimate of drug-likeness (QED) is 0.819. The lowest BCUT2D eigenvalue weighted by Crippen LogP contribution is -2.18. The molecule has 0 aromatic heterocycles. The van der Waals surface area contributed by atoms with Gasteiger partial charge in [0.25, 0.3) is 0 Å². The predicted molar refractivity (Wildman–Crippen MR) is 62.2 cm³/mol. The van der Waals surface area contributed by atoms with Gasteiger partial charge >= 0.3 is 0 Å². The van der Waals surface area contributed by atoms with Crippen molar-refractivity contribution in [3.8, 4) is 5.75 Å². The van der Waals surface area contributed by atoms with Crippen LogP contribution in [-0.4, -0.2) is 12.1 Å². The van der Waals surface area contributed by atoms with Crippen LogP contribution in [0.25, 0.3) is 0 Å². The lowest BCUT2D eigenvalue weighted by atomic mass is 10.0. The normalized spacial score (nSPS) is 17.5. The zero-order chi connectivity index (χ0) is 10.8. The number of hydrogen-bond donors (Lipinski definition) is 1. The summed E-state index contributed by atoms with van der Waals surface area (Å²) in [4.78, 5) is 0. The third kappa shape index (κ3) is 2.96. The van der Waals surface area contributed by atoms with Crippen LogP contribution in [0.2, 0.25) is 0 Å². The maximum absolute atomic E-state index is 5.86. The number of benzene rings is 1. The second-order valence-electron chi connectivity index (χ2n) is 4.61. The Morgan fingerprint density at radius 2 is 2.20 bits per heavy atom. The Morgan fingerprint density at radius 3 is 2.80 bits per heavy atom. The topological polar surface area (TPSA) is 35.2 Å². The monoisotopic (exact) mass is 205 g/mol. The van der Waals surface area contributed by atoms with Gasteiger partial charge in [0.05, 0.1) is 6.10 Å². The molecule has 1 fully saturated rings. The summed E-state index contributed by atoms with van der Waals surface area (Å²) in [5.74, 6) is 1.03. The van der Waals surface area contributed by atoms with E-state index in [1.807, 2.05) is 6.92 Å². The fourth-order valence-corrected chi connectivity index (χ4v) is 1.70. The minimum atomic E-state index is 0.188. The van der Waals surface area contributed by atoms with Gasteiger partial charge in [-0.15, -0.1) is 0 Å². The van der Waals surface area contributed by atoms with Crippen molar-refractivity contribution in [3.63, 3.8) is 0 Å². The average molecular weight is 205 g/mol. The fraction of sp³-hybridized carbons (Fsp3) is 0.538. The van der Waals surface area contributed by atoms with Crippen LogP contribution in [0.4, 0.5) is 0 Å². The molecule has 1 unspecified atom stereocenters. The molecule has 82 valence electrons. The van der Waals surface area contributed by atoms with Crippen LogP contribution in [0.5, 0.6) is 5.75 Å². The van der Waals surface area contributed by atoms with Gasteiger partial charge in [-0.1, -0.05) is 17.7 Å². The van der Waals surface area contributed by atoms with Crippen molar-refractivity contribution in [2.75, 3.05) is 0 Å². The SMILES string of the molecule is Cc1ccc(OC2CC2)c(CC(C)N)c1. The highest BCUT2D eigenvalue weighted by Gasteiger charge is 2.24. The van der Waals surface area contributed by atoms with E-state index in [1.165, 1.54) is 24.0 Å². The summed E-state index contributed by atoms with van der Waals surface area (Å²) < 4.78 is 5.86. The van der Waals surface area contributed by atoms with E-state index >= 15 is 0 Å². The molecular formula is C13H19NO. The minimum absolute atomic E-state index is 0.188. The number of hydrogen-bond acceptors (Lipinski definition) is 2. The molecule has 1 saturated carbocycles. The van der Waals surface area contributed by atoms with E-state index in [9.17, 15) is 0 Å². The Labute approximate surface area is 91.4 Å². The third-order valence-corrected chi connectivity index (χ3v) is 2.58. The molecule has 0 radical (unpaired) electrons. The Bertz CT molecular complexity index is 342. The molecule has 2 nitrogen and oxygen atoms in total. The van der Waals surface area contributed by atoms with Gasteiger partial charge in [0.1, 0.15) is 5.75 Å². The van der Waals surface area contributed by atoms with Gasteiger partial charge in [-0.25, -0.2) is 0 Å². The second-order valence-corrected chi connectivity index (χ2v) is 4.61. The van der Waals surface area contributed by atoms with E-state index in [4.69, 9.17) is 10.5 Å². The molecule has 1 atom stereocenters. The first kappa shape index (κ1) is 10.5. The van der Waals surface area contributed by atoms with Crippen LogP contribution < -0.4 is 10.5 Å². The molecule has 15 heavy (non-hydrogen) atoms. The molecule has 1 aliphatic rings. The van der Waals surface area contributed by atoms with Crippen LogP contribution in [0, 0.1) is 6.92 Å². The van der Waals surface area contributed by atoms with Crippen molar-refractivity contribution in [2.24, 2.45) is 5.73 Å². The number of rotatable bonds is 4. The van der Waals surface area contributed by atoms with Gasteiger partial charge in [-0.2, -0.15) is 0 Å². The number of nitrogens with two attached hydrogens (primary N) is 1. The summed E-state index contributed by atoms with van der Waals surface area (Å²) in [6.45, 7) is 4.13. The summed E-state index contributed by atoms with van der Waals surface area (Å²) in [6, 6.07) is 6.54. The second kappa shape index (κ2) is 4.23. The molecule has 1 aliphatic carbocycles. The zero-order valence-corrected chi connectivity index (χ0v) is 9.49. The Morgan fingerprint density at radius 1 is 1.47 bits per heavy atom. The smallest absolute Gasteiger partial charge is 0.122 e. The first-order valence-corrected chi connectivity index (χ1v) is 5.67. The molecule has 0 spiro atoms. The Hall–Kier alpha value is -1.02. The summed E-state index contributed by atoms with van der Waals surface area (Å²) in [5.41, 5.74) is 8.35. The zero-order valence-electron chi connectivity index (χ0n) is 9.49. The summed E-state index contributed by atoms with van der Waals surface area (Å²) in [7, 11) is 0. The first-order chi connectivity index (χ1) is 7.15. The van der Waals surface area contributed by atoms with E-state index in [-0.39, 0.29) is 6.04 Å². The van der Waals surface area contributed by atoms with Gasteiger partial charge in [-0.05, 0) is 44.7 Å². The molecule has 0 amide bonds. The molecule has 0 heterocycles. The van der Waals surface area contributed by atoms with Crippen molar-refractivity contribution in [1.82, 2.24) is 0 Å². The van der Waals surface area contributed by atoms with Gasteiger partial charge in [-0.3, -0.25) is 0 Å². The van der Waals surface area contributed by atoms with Gasteiger partial charge in [0, 0.05) is 6.04 Å². The van der Waals surface area contributed by atoms with Crippen LogP contribution in [0.3, 0.4) is 0 Å². The van der Waals surface area contributed by atoms with Crippen LogP contribution in [0.1, 0.15) is 30.9 Å². The van der Waals surface area contributed by atoms with Gasteiger partial charge in [0.15, 0.2) is 0 Å². The molecule has 0 saturated heterocycles. The number of ether oxygens (including phenoxy) is 1. The summed E-state index contributed by atoms with van der Waals surface area (Å²) >= 11 is 0. The predicted octanol–water partition coefficient (Wildman–Crippen LogP) is 2.43.